The molecule has 2 fully saturated rings. The quantitative estimate of drug-likeness (QED) is 0.262. The molecule has 3 N–H and O–H groups in total. The summed E-state index contributed by atoms with van der Waals surface area (Å²) < 4.78 is 7.24. The molecule has 0 amide bonds. The predicted octanol–water partition coefficient (Wildman–Crippen LogP) is 2.08. The van der Waals surface area contributed by atoms with Crippen molar-refractivity contribution in [3.05, 3.63) is 18.0 Å². The number of aliphatic imine (C=N–C) groups is 1. The first-order chi connectivity index (χ1) is 14.4. The van der Waals surface area contributed by atoms with Gasteiger partial charge in [0.05, 0.1) is 26.0 Å². The Morgan fingerprint density at radius 2 is 1.97 bits per heavy atom. The average molecular weight is 549 g/mol. The van der Waals surface area contributed by atoms with E-state index < -0.39 is 5.60 Å². The van der Waals surface area contributed by atoms with Gasteiger partial charge in [-0.1, -0.05) is 19.3 Å². The van der Waals surface area contributed by atoms with E-state index in [-0.39, 0.29) is 35.9 Å². The minimum Gasteiger partial charge on any atom is -0.383 e. The van der Waals surface area contributed by atoms with Crippen LogP contribution in [0.5, 0.6) is 0 Å². The van der Waals surface area contributed by atoms with E-state index in [9.17, 15) is 5.11 Å². The number of hydrogen-bond acceptors (Lipinski definition) is 5. The normalized spacial score (nSPS) is 21.7. The molecule has 1 saturated heterocycles. The number of nitrogens with one attached hydrogen (secondary N) is 2. The topological polar surface area (TPSA) is 86.9 Å². The Bertz CT molecular complexity index is 681. The Morgan fingerprint density at radius 3 is 2.58 bits per heavy atom. The molecular formula is C22H41IN6O2. The number of nitrogens with zero attached hydrogens (tertiary/aromatic N) is 4. The highest BCUT2D eigenvalue weighted by Crippen LogP contribution is 2.36. The van der Waals surface area contributed by atoms with Crippen molar-refractivity contribution >= 4 is 29.9 Å². The molecule has 2 heterocycles. The number of ether oxygens (including phenoxy) is 1. The van der Waals surface area contributed by atoms with Crippen LogP contribution in [0, 0.1) is 5.41 Å². The SMILES string of the molecule is CCNC(=NCC(C)(O)c1cnn(C)c1)NCC1(CN2CCOCC2)CCCCC1.I. The summed E-state index contributed by atoms with van der Waals surface area (Å²) in [6.45, 7) is 10.7. The van der Waals surface area contributed by atoms with Crippen LogP contribution in [-0.2, 0) is 17.4 Å². The van der Waals surface area contributed by atoms with Crippen molar-refractivity contribution in [2.24, 2.45) is 17.5 Å². The van der Waals surface area contributed by atoms with Gasteiger partial charge in [-0.15, -0.1) is 24.0 Å². The van der Waals surface area contributed by atoms with Gasteiger partial charge in [0.15, 0.2) is 5.96 Å². The summed E-state index contributed by atoms with van der Waals surface area (Å²) in [7, 11) is 1.85. The molecule has 1 aromatic heterocycles. The number of aryl methyl sites for hydroxylation is 1. The minimum atomic E-state index is -1.05. The van der Waals surface area contributed by atoms with Crippen molar-refractivity contribution in [1.29, 1.82) is 0 Å². The lowest BCUT2D eigenvalue weighted by Crippen LogP contribution is -2.51. The second kappa shape index (κ2) is 12.4. The van der Waals surface area contributed by atoms with E-state index >= 15 is 0 Å². The van der Waals surface area contributed by atoms with E-state index in [4.69, 9.17) is 9.73 Å². The molecule has 8 nitrogen and oxygen atoms in total. The van der Waals surface area contributed by atoms with Gasteiger partial charge in [-0.2, -0.15) is 5.10 Å². The van der Waals surface area contributed by atoms with Gasteiger partial charge in [0, 0.05) is 56.9 Å². The highest BCUT2D eigenvalue weighted by atomic mass is 127. The molecule has 1 aliphatic carbocycles. The van der Waals surface area contributed by atoms with Crippen LogP contribution in [0.25, 0.3) is 0 Å². The second-order valence-corrected chi connectivity index (χ2v) is 9.17. The van der Waals surface area contributed by atoms with E-state index in [0.29, 0.717) is 0 Å². The molecule has 1 atom stereocenters. The zero-order valence-corrected chi connectivity index (χ0v) is 21.7. The first-order valence-corrected chi connectivity index (χ1v) is 11.5. The molecule has 1 saturated carbocycles. The van der Waals surface area contributed by atoms with Gasteiger partial charge in [-0.05, 0) is 26.7 Å². The van der Waals surface area contributed by atoms with Crippen LogP contribution in [0.3, 0.4) is 0 Å². The van der Waals surface area contributed by atoms with Crippen LogP contribution in [0.15, 0.2) is 17.4 Å². The van der Waals surface area contributed by atoms with Crippen LogP contribution in [0.1, 0.15) is 51.5 Å². The van der Waals surface area contributed by atoms with Crippen molar-refractivity contribution in [3.8, 4) is 0 Å². The molecule has 1 unspecified atom stereocenters. The number of hydrogen-bond donors (Lipinski definition) is 3. The predicted molar refractivity (Wildman–Crippen MR) is 135 cm³/mol. The van der Waals surface area contributed by atoms with Crippen LogP contribution in [-0.4, -0.2) is 78.2 Å². The fraction of sp³-hybridized carbons (Fsp3) is 0.818. The third-order valence-corrected chi connectivity index (χ3v) is 6.42. The summed E-state index contributed by atoms with van der Waals surface area (Å²) >= 11 is 0. The van der Waals surface area contributed by atoms with Crippen LogP contribution >= 0.6 is 24.0 Å². The maximum atomic E-state index is 10.9. The van der Waals surface area contributed by atoms with Crippen molar-refractivity contribution in [1.82, 2.24) is 25.3 Å². The number of rotatable bonds is 8. The molecule has 0 radical (unpaired) electrons. The molecule has 0 spiro atoms. The fourth-order valence-corrected chi connectivity index (χ4v) is 4.56. The van der Waals surface area contributed by atoms with E-state index in [2.05, 4.69) is 27.6 Å². The molecule has 3 rings (SSSR count). The Hall–Kier alpha value is -0.910. The van der Waals surface area contributed by atoms with E-state index in [1.807, 2.05) is 13.2 Å². The van der Waals surface area contributed by atoms with Gasteiger partial charge in [-0.3, -0.25) is 9.58 Å². The molecule has 1 aromatic rings. The van der Waals surface area contributed by atoms with E-state index in [1.54, 1.807) is 17.8 Å². The maximum absolute atomic E-state index is 10.9. The van der Waals surface area contributed by atoms with Crippen molar-refractivity contribution < 1.29 is 9.84 Å². The highest BCUT2D eigenvalue weighted by Gasteiger charge is 2.34. The number of halogens is 1. The average Bonchev–Trinajstić information content (AvgIpc) is 3.19. The zero-order valence-electron chi connectivity index (χ0n) is 19.4. The molecular weight excluding hydrogens is 507 g/mol. The first kappa shape index (κ1) is 26.3. The van der Waals surface area contributed by atoms with Gasteiger partial charge < -0.3 is 20.5 Å². The lowest BCUT2D eigenvalue weighted by atomic mass is 9.73. The summed E-state index contributed by atoms with van der Waals surface area (Å²) in [5.41, 5.74) is 0.00517. The molecule has 9 heteroatoms. The molecule has 178 valence electrons. The molecule has 2 aliphatic rings. The molecule has 31 heavy (non-hydrogen) atoms. The zero-order chi connectivity index (χ0) is 21.5. The molecule has 0 bridgehead atoms. The van der Waals surface area contributed by atoms with Crippen molar-refractivity contribution in [3.63, 3.8) is 0 Å². The standard InChI is InChI=1S/C22H40N6O2.HI/c1-4-23-20(24-16-21(2,29)19-14-26-27(3)15-19)25-17-22(8-6-5-7-9-22)18-28-10-12-30-13-11-28;/h14-15,29H,4-13,16-18H2,1-3H3,(H2,23,24,25);1H. The lowest BCUT2D eigenvalue weighted by Gasteiger charge is -2.42. The maximum Gasteiger partial charge on any atom is 0.191 e. The fourth-order valence-electron chi connectivity index (χ4n) is 4.56. The third kappa shape index (κ3) is 7.87. The smallest absolute Gasteiger partial charge is 0.191 e. The third-order valence-electron chi connectivity index (χ3n) is 6.42. The summed E-state index contributed by atoms with van der Waals surface area (Å²) in [4.78, 5) is 7.27. The van der Waals surface area contributed by atoms with Crippen molar-refractivity contribution in [2.45, 2.75) is 51.6 Å². The minimum absolute atomic E-state index is 0. The number of aromatic nitrogens is 2. The van der Waals surface area contributed by atoms with Gasteiger partial charge in [0.1, 0.15) is 5.60 Å². The van der Waals surface area contributed by atoms with E-state index in [0.717, 1.165) is 57.5 Å². The van der Waals surface area contributed by atoms with Gasteiger partial charge in [0.2, 0.25) is 0 Å². The number of morpholine rings is 1. The molecule has 0 aromatic carbocycles. The summed E-state index contributed by atoms with van der Waals surface area (Å²) in [5.74, 6) is 0.772. The number of aliphatic hydroxyl groups is 1. The van der Waals surface area contributed by atoms with Gasteiger partial charge >= 0.3 is 0 Å². The van der Waals surface area contributed by atoms with Crippen molar-refractivity contribution in [2.75, 3.05) is 52.5 Å². The first-order valence-electron chi connectivity index (χ1n) is 11.5. The van der Waals surface area contributed by atoms with Crippen LogP contribution in [0.4, 0.5) is 0 Å². The summed E-state index contributed by atoms with van der Waals surface area (Å²) in [6, 6.07) is 0. The molecule has 1 aliphatic heterocycles. The Kier molecular flexibility index (Phi) is 10.5. The number of guanidine groups is 1. The highest BCUT2D eigenvalue weighted by molar-refractivity contribution is 14.0. The Balaban J connectivity index is 0.00000341. The Morgan fingerprint density at radius 1 is 1.26 bits per heavy atom. The van der Waals surface area contributed by atoms with Crippen LogP contribution < -0.4 is 10.6 Å². The lowest BCUT2D eigenvalue weighted by molar-refractivity contribution is 0.00819. The summed E-state index contributed by atoms with van der Waals surface area (Å²) in [6.07, 6.45) is 10.00. The second-order valence-electron chi connectivity index (χ2n) is 9.17. The largest absolute Gasteiger partial charge is 0.383 e. The Labute approximate surface area is 204 Å². The summed E-state index contributed by atoms with van der Waals surface area (Å²) in [5, 5.41) is 22.0. The van der Waals surface area contributed by atoms with Gasteiger partial charge in [0.25, 0.3) is 0 Å². The van der Waals surface area contributed by atoms with Gasteiger partial charge in [-0.25, -0.2) is 4.99 Å². The van der Waals surface area contributed by atoms with Crippen LogP contribution in [0.2, 0.25) is 0 Å². The monoisotopic (exact) mass is 548 g/mol. The van der Waals surface area contributed by atoms with E-state index in [1.165, 1.54) is 32.1 Å².